The highest BCUT2D eigenvalue weighted by molar-refractivity contribution is 7.92. The Morgan fingerprint density at radius 3 is 1.96 bits per heavy atom. The standard InChI is InChI=1S/C35H37N5O3S2/c1-22-19-26(20-23(2)32(22)36-24(3)41)35-37-33(34(44-35)25-13-15-28(16-14-25)39(4)5)30-18-17-29(40(6)7)21-31(30)45(42,43)38-27-11-9-8-10-12-27/h8-21,38H,1-7H3,(H,36,41). The molecule has 1 aromatic heterocycles. The average Bonchev–Trinajstić information content (AvgIpc) is 3.44. The number of aromatic nitrogens is 1. The average molecular weight is 640 g/mol. The number of sulfonamides is 1. The van der Waals surface area contributed by atoms with Crippen LogP contribution in [0.1, 0.15) is 18.1 Å². The van der Waals surface area contributed by atoms with Crippen molar-refractivity contribution >= 4 is 50.0 Å². The van der Waals surface area contributed by atoms with E-state index in [-0.39, 0.29) is 10.8 Å². The molecule has 0 atom stereocenters. The number of nitrogens with zero attached hydrogens (tertiary/aromatic N) is 3. The van der Waals surface area contributed by atoms with E-state index in [4.69, 9.17) is 4.98 Å². The second-order valence-electron chi connectivity index (χ2n) is 11.4. The first kappa shape index (κ1) is 31.7. The largest absolute Gasteiger partial charge is 0.378 e. The molecule has 2 N–H and O–H groups in total. The van der Waals surface area contributed by atoms with Gasteiger partial charge in [-0.05, 0) is 85.1 Å². The predicted octanol–water partition coefficient (Wildman–Crippen LogP) is 7.65. The van der Waals surface area contributed by atoms with E-state index in [1.807, 2.05) is 106 Å². The zero-order valence-electron chi connectivity index (χ0n) is 26.5. The molecule has 4 aromatic carbocycles. The Hall–Kier alpha value is -4.67. The molecule has 0 aliphatic carbocycles. The molecule has 0 saturated heterocycles. The van der Waals surface area contributed by atoms with Gasteiger partial charge in [0.1, 0.15) is 5.01 Å². The number of amides is 1. The number of carbonyl (C=O) groups is 1. The van der Waals surface area contributed by atoms with Gasteiger partial charge in [0.05, 0.1) is 15.5 Å². The van der Waals surface area contributed by atoms with Crippen LogP contribution in [0, 0.1) is 13.8 Å². The van der Waals surface area contributed by atoms with Gasteiger partial charge in [0.25, 0.3) is 10.0 Å². The van der Waals surface area contributed by atoms with Gasteiger partial charge in [-0.15, -0.1) is 11.3 Å². The molecule has 0 spiro atoms. The van der Waals surface area contributed by atoms with Gasteiger partial charge in [-0.3, -0.25) is 9.52 Å². The van der Waals surface area contributed by atoms with Gasteiger partial charge < -0.3 is 15.1 Å². The summed E-state index contributed by atoms with van der Waals surface area (Å²) in [5.41, 5.74) is 7.78. The van der Waals surface area contributed by atoms with Gasteiger partial charge >= 0.3 is 0 Å². The third-order valence-corrected chi connectivity index (χ3v) is 9.98. The van der Waals surface area contributed by atoms with E-state index in [1.165, 1.54) is 18.3 Å². The van der Waals surface area contributed by atoms with Crippen molar-refractivity contribution in [3.05, 3.63) is 96.1 Å². The van der Waals surface area contributed by atoms with Gasteiger partial charge in [0.15, 0.2) is 0 Å². The van der Waals surface area contributed by atoms with Crippen LogP contribution in [-0.2, 0) is 14.8 Å². The summed E-state index contributed by atoms with van der Waals surface area (Å²) >= 11 is 1.51. The number of nitrogens with one attached hydrogen (secondary N) is 2. The quantitative estimate of drug-likeness (QED) is 0.172. The Balaban J connectivity index is 1.74. The highest BCUT2D eigenvalue weighted by atomic mass is 32.2. The zero-order valence-corrected chi connectivity index (χ0v) is 28.1. The van der Waals surface area contributed by atoms with Crippen LogP contribution in [0.4, 0.5) is 22.7 Å². The predicted molar refractivity (Wildman–Crippen MR) is 188 cm³/mol. The molecule has 1 amide bonds. The van der Waals surface area contributed by atoms with Crippen molar-refractivity contribution in [3.63, 3.8) is 0 Å². The van der Waals surface area contributed by atoms with E-state index in [2.05, 4.69) is 10.0 Å². The summed E-state index contributed by atoms with van der Waals surface area (Å²) in [7, 11) is 3.73. The third-order valence-electron chi connectivity index (χ3n) is 7.41. The number of rotatable bonds is 9. The fourth-order valence-electron chi connectivity index (χ4n) is 5.12. The number of hydrogen-bond donors (Lipinski definition) is 2. The van der Waals surface area contributed by atoms with Crippen molar-refractivity contribution in [3.8, 4) is 32.3 Å². The van der Waals surface area contributed by atoms with Crippen molar-refractivity contribution in [1.29, 1.82) is 0 Å². The third kappa shape index (κ3) is 6.87. The second-order valence-corrected chi connectivity index (χ2v) is 14.0. The number of benzene rings is 4. The zero-order chi connectivity index (χ0) is 32.5. The molecule has 5 rings (SSSR count). The van der Waals surface area contributed by atoms with Crippen LogP contribution in [0.3, 0.4) is 0 Å². The van der Waals surface area contributed by atoms with E-state index in [9.17, 15) is 13.2 Å². The lowest BCUT2D eigenvalue weighted by Crippen LogP contribution is -2.16. The number of hydrogen-bond acceptors (Lipinski definition) is 7. The topological polar surface area (TPSA) is 94.6 Å². The number of aryl methyl sites for hydroxylation is 2. The maximum Gasteiger partial charge on any atom is 0.262 e. The summed E-state index contributed by atoms with van der Waals surface area (Å²) in [4.78, 5) is 21.8. The van der Waals surface area contributed by atoms with Crippen LogP contribution < -0.4 is 19.8 Å². The molecule has 0 aliphatic rings. The van der Waals surface area contributed by atoms with Crippen LogP contribution in [0.15, 0.2) is 89.8 Å². The summed E-state index contributed by atoms with van der Waals surface area (Å²) < 4.78 is 30.8. The van der Waals surface area contributed by atoms with Crippen LogP contribution >= 0.6 is 11.3 Å². The van der Waals surface area contributed by atoms with Gasteiger partial charge in [-0.2, -0.15) is 0 Å². The summed E-state index contributed by atoms with van der Waals surface area (Å²) in [5.74, 6) is -0.132. The van der Waals surface area contributed by atoms with Crippen LogP contribution in [-0.4, -0.2) is 47.5 Å². The molecule has 0 saturated carbocycles. The van der Waals surface area contributed by atoms with Gasteiger partial charge in [-0.25, -0.2) is 13.4 Å². The molecule has 8 nitrogen and oxygen atoms in total. The molecule has 0 aliphatic heterocycles. The summed E-state index contributed by atoms with van der Waals surface area (Å²) in [6, 6.07) is 26.5. The van der Waals surface area contributed by atoms with Crippen molar-refractivity contribution < 1.29 is 13.2 Å². The summed E-state index contributed by atoms with van der Waals surface area (Å²) in [5, 5.41) is 3.67. The number of carbonyl (C=O) groups excluding carboxylic acids is 1. The summed E-state index contributed by atoms with van der Waals surface area (Å²) in [6.45, 7) is 5.40. The molecule has 0 fully saturated rings. The monoisotopic (exact) mass is 639 g/mol. The molecule has 0 unspecified atom stereocenters. The smallest absolute Gasteiger partial charge is 0.262 e. The van der Waals surface area contributed by atoms with Crippen LogP contribution in [0.5, 0.6) is 0 Å². The lowest BCUT2D eigenvalue weighted by Gasteiger charge is -2.18. The van der Waals surface area contributed by atoms with Gasteiger partial charge in [0, 0.05) is 69.0 Å². The van der Waals surface area contributed by atoms with Crippen LogP contribution in [0.25, 0.3) is 32.3 Å². The van der Waals surface area contributed by atoms with Crippen molar-refractivity contribution in [2.75, 3.05) is 48.0 Å². The Kier molecular flexibility index (Phi) is 8.99. The number of anilines is 4. The normalized spacial score (nSPS) is 11.3. The molecule has 0 bridgehead atoms. The fourth-order valence-corrected chi connectivity index (χ4v) is 7.48. The molecular formula is C35H37N5O3S2. The molecular weight excluding hydrogens is 603 g/mol. The SMILES string of the molecule is CC(=O)Nc1c(C)cc(-c2nc(-c3ccc(N(C)C)cc3S(=O)(=O)Nc3ccccc3)c(-c3ccc(N(C)C)cc3)s2)cc1C. The molecule has 5 aromatic rings. The second kappa shape index (κ2) is 12.7. The molecule has 1 heterocycles. The van der Waals surface area contributed by atoms with E-state index in [0.29, 0.717) is 16.9 Å². The summed E-state index contributed by atoms with van der Waals surface area (Å²) in [6.07, 6.45) is 0. The first-order chi connectivity index (χ1) is 21.3. The Labute approximate surface area is 269 Å². The number of para-hydroxylation sites is 1. The molecule has 45 heavy (non-hydrogen) atoms. The molecule has 0 radical (unpaired) electrons. The minimum atomic E-state index is -4.01. The Bertz CT molecular complexity index is 1940. The maximum absolute atomic E-state index is 14.0. The van der Waals surface area contributed by atoms with E-state index < -0.39 is 10.0 Å². The van der Waals surface area contributed by atoms with E-state index in [0.717, 1.165) is 49.2 Å². The van der Waals surface area contributed by atoms with Crippen molar-refractivity contribution in [2.45, 2.75) is 25.7 Å². The maximum atomic E-state index is 14.0. The fraction of sp³-hybridized carbons (Fsp3) is 0.200. The lowest BCUT2D eigenvalue weighted by atomic mass is 10.0. The first-order valence-electron chi connectivity index (χ1n) is 14.4. The minimum absolute atomic E-state index is 0.132. The molecule has 10 heteroatoms. The van der Waals surface area contributed by atoms with E-state index >= 15 is 0 Å². The van der Waals surface area contributed by atoms with Gasteiger partial charge in [0.2, 0.25) is 5.91 Å². The first-order valence-corrected chi connectivity index (χ1v) is 16.7. The highest BCUT2D eigenvalue weighted by Gasteiger charge is 2.26. The van der Waals surface area contributed by atoms with Crippen molar-refractivity contribution in [2.24, 2.45) is 0 Å². The highest BCUT2D eigenvalue weighted by Crippen LogP contribution is 2.44. The van der Waals surface area contributed by atoms with Gasteiger partial charge in [-0.1, -0.05) is 30.3 Å². The minimum Gasteiger partial charge on any atom is -0.378 e. The lowest BCUT2D eigenvalue weighted by molar-refractivity contribution is -0.114. The van der Waals surface area contributed by atoms with E-state index in [1.54, 1.807) is 30.3 Å². The Morgan fingerprint density at radius 1 is 0.778 bits per heavy atom. The van der Waals surface area contributed by atoms with Crippen LogP contribution in [0.2, 0.25) is 0 Å². The molecule has 232 valence electrons. The number of thiazole rings is 1. The van der Waals surface area contributed by atoms with Crippen molar-refractivity contribution in [1.82, 2.24) is 4.98 Å². The Morgan fingerprint density at radius 2 is 1.38 bits per heavy atom.